The van der Waals surface area contributed by atoms with Gasteiger partial charge in [-0.05, 0) is 83.6 Å². The molecule has 1 fully saturated rings. The van der Waals surface area contributed by atoms with E-state index in [0.29, 0.717) is 34.1 Å². The molecule has 1 aliphatic heterocycles. The first-order valence-electron chi connectivity index (χ1n) is 25.8. The van der Waals surface area contributed by atoms with Gasteiger partial charge in [0, 0.05) is 67.3 Å². The summed E-state index contributed by atoms with van der Waals surface area (Å²) in [7, 11) is 5.66. The van der Waals surface area contributed by atoms with Crippen LogP contribution in [0, 0.1) is 60.7 Å². The Balaban J connectivity index is -0.000000143. The zero-order valence-corrected chi connectivity index (χ0v) is 55.4. The molecule has 0 amide bonds. The molecule has 0 aromatic heterocycles. The maximum Gasteiger partial charge on any atom is 1.00 e. The molecule has 0 aliphatic carbocycles. The maximum atomic E-state index is 11.2. The number of hydrogen-bond donors (Lipinski definition) is 3. The topological polar surface area (TPSA) is 524 Å². The van der Waals surface area contributed by atoms with E-state index < -0.39 is 76.7 Å². The fourth-order valence-corrected chi connectivity index (χ4v) is 7.45. The summed E-state index contributed by atoms with van der Waals surface area (Å²) in [5.41, 5.74) is -0.383. The van der Waals surface area contributed by atoms with E-state index in [1.807, 2.05) is 0 Å². The average molecular weight is 1530 g/mol. The second kappa shape index (κ2) is 58.6. The van der Waals surface area contributed by atoms with Crippen LogP contribution in [0.25, 0.3) is 0 Å². The van der Waals surface area contributed by atoms with Gasteiger partial charge >= 0.3 is 65.4 Å². The third-order valence-corrected chi connectivity index (χ3v) is 12.5. The predicted octanol–water partition coefficient (Wildman–Crippen LogP) is 11.3. The van der Waals surface area contributed by atoms with Crippen LogP contribution in [0.5, 0.6) is 0 Å². The molecule has 6 aromatic carbocycles. The van der Waals surface area contributed by atoms with Gasteiger partial charge in [0.15, 0.2) is 6.29 Å². The molecule has 566 valence electrons. The smallest absolute Gasteiger partial charge is 0.870 e. The fourth-order valence-electron chi connectivity index (χ4n) is 6.95. The molecule has 0 spiro atoms. The second-order valence-corrected chi connectivity index (χ2v) is 18.3. The van der Waals surface area contributed by atoms with Crippen LogP contribution >= 0.6 is 34.8 Å². The number of carbonyl (C=O) groups excluding carboxylic acids is 6. The molecule has 103 heavy (non-hydrogen) atoms. The van der Waals surface area contributed by atoms with Crippen molar-refractivity contribution in [3.8, 4) is 0 Å². The Labute approximate surface area is 630 Å². The van der Waals surface area contributed by atoms with Gasteiger partial charge in [-0.2, -0.15) is 0 Å². The van der Waals surface area contributed by atoms with Crippen LogP contribution < -0.4 is 29.6 Å². The van der Waals surface area contributed by atoms with Gasteiger partial charge in [-0.25, -0.2) is 28.8 Å². The van der Waals surface area contributed by atoms with Gasteiger partial charge in [0.25, 0.3) is 34.1 Å². The quantitative estimate of drug-likeness (QED) is 0.0137. The number of methoxy groups -OCH3 is 5. The largest absolute Gasteiger partial charge is 1.00 e. The molecule has 7 rings (SSSR count). The van der Waals surface area contributed by atoms with Crippen LogP contribution in [0.1, 0.15) is 165 Å². The normalized spacial score (nSPS) is 9.53. The number of benzene rings is 6. The Morgan fingerprint density at radius 3 is 0.990 bits per heavy atom. The number of esters is 5. The van der Waals surface area contributed by atoms with E-state index in [0.717, 1.165) is 78.1 Å². The minimum atomic E-state index is -1.31. The minimum absolute atomic E-state index is 0. The van der Waals surface area contributed by atoms with E-state index in [1.54, 1.807) is 18.2 Å². The summed E-state index contributed by atoms with van der Waals surface area (Å²) in [5, 5.41) is 89.8. The van der Waals surface area contributed by atoms with Crippen LogP contribution in [0.4, 0.5) is 34.1 Å². The number of carbonyl (C=O) groups is 7. The zero-order chi connectivity index (χ0) is 71.4. The van der Waals surface area contributed by atoms with Gasteiger partial charge in [-0.15, -0.1) is 34.8 Å². The number of aldehydes is 1. The molecule has 0 unspecified atom stereocenters. The van der Waals surface area contributed by atoms with Crippen LogP contribution in [0.15, 0.2) is 109 Å². The predicted molar refractivity (Wildman–Crippen MR) is 377 cm³/mol. The van der Waals surface area contributed by atoms with Gasteiger partial charge < -0.3 is 49.2 Å². The first-order chi connectivity index (χ1) is 44.5. The third-order valence-electron chi connectivity index (χ3n) is 11.6. The molecule has 6 aromatic rings. The van der Waals surface area contributed by atoms with E-state index in [-0.39, 0.29) is 180 Å². The molecule has 0 atom stereocenters. The number of nitrogens with zero attached hydrogens (tertiary/aromatic N) is 6. The van der Waals surface area contributed by atoms with Crippen molar-refractivity contribution < 1.29 is 142 Å². The number of nitro benzene ring substituents is 6. The van der Waals surface area contributed by atoms with Crippen LogP contribution in [0.3, 0.4) is 0 Å². The van der Waals surface area contributed by atoms with Crippen molar-refractivity contribution >= 4 is 111 Å². The first-order valence-corrected chi connectivity index (χ1v) is 27.4. The second-order valence-electron chi connectivity index (χ2n) is 17.5. The van der Waals surface area contributed by atoms with Gasteiger partial charge in [0.1, 0.15) is 22.3 Å². The Hall–Kier alpha value is -10.1. The van der Waals surface area contributed by atoms with Gasteiger partial charge in [-0.1, -0.05) is 76.3 Å². The molecule has 0 bridgehead atoms. The van der Waals surface area contributed by atoms with Gasteiger partial charge in [0.05, 0.1) is 101 Å². The van der Waals surface area contributed by atoms with Gasteiger partial charge in [-0.3, -0.25) is 65.5 Å². The molecular formula is C64H84Cl3N6NaO29. The molecule has 1 heterocycles. The zero-order valence-electron chi connectivity index (χ0n) is 51.1. The summed E-state index contributed by atoms with van der Waals surface area (Å²) in [4.78, 5) is 136. The van der Waals surface area contributed by atoms with Crippen molar-refractivity contribution in [2.75, 3.05) is 48.8 Å². The van der Waals surface area contributed by atoms with Crippen LogP contribution in [0.2, 0.25) is 0 Å². The van der Waals surface area contributed by atoms with E-state index in [1.165, 1.54) is 74.5 Å². The van der Waals surface area contributed by atoms with Crippen molar-refractivity contribution in [2.24, 2.45) is 0 Å². The summed E-state index contributed by atoms with van der Waals surface area (Å²) in [6, 6.07) is 23.1. The molecule has 39 heteroatoms. The number of hydrogen-bond acceptors (Lipinski definition) is 28. The van der Waals surface area contributed by atoms with Crippen molar-refractivity contribution in [3.63, 3.8) is 0 Å². The van der Waals surface area contributed by atoms with Gasteiger partial charge in [0.2, 0.25) is 0 Å². The molecule has 35 nitrogen and oxygen atoms in total. The molecule has 0 radical (unpaired) electrons. The standard InChI is InChI=1S/C10H9NO6.C9H8ClNO4.C9H7NO6.C9H9NO5.C8H8ClNO3.C8H6ClNO3.C4H8O.7CH4.Na.H2O/c1-16-9(12)6-3-4-7(10(13)17-2)8(5-6)11(14)15;1-15-9(12)7-3-2-6(5-10)4-8(7)11(13)14;1-16-9(13)6-3-2-5(8(11)12)4-7(6)10(14)15;1-15-9(12)7-3-2-6(5-11)4-8(7)10(13)14;2*9-4-6-1-2-7(5-11)8(3-6)10(12)13;1-2-4-5-3-1;;;;;;;;;/h3-5H,1-2H3;2-4H,5H2,1H3;2-4H,1H3,(H,11,12);2-4,11H,5H2,1H3;1-3,11H,4-5H2;1-3,5H,4H2;1-4H2;7*1H4;;1H2/q;;;;;;;;;;;;;;+1;/p-1. The summed E-state index contributed by atoms with van der Waals surface area (Å²) >= 11 is 16.5. The number of ether oxygens (including phenoxy) is 6. The molecular weight excluding hydrogens is 1450 g/mol. The monoisotopic (exact) mass is 1530 g/mol. The Bertz CT molecular complexity index is 3660. The number of rotatable bonds is 18. The summed E-state index contributed by atoms with van der Waals surface area (Å²) < 4.78 is 26.9. The third kappa shape index (κ3) is 36.4. The number of nitro groups is 6. The van der Waals surface area contributed by atoms with Crippen molar-refractivity contribution in [2.45, 2.75) is 95.7 Å². The van der Waals surface area contributed by atoms with Crippen molar-refractivity contribution in [3.05, 3.63) is 237 Å². The van der Waals surface area contributed by atoms with Crippen molar-refractivity contribution in [1.29, 1.82) is 0 Å². The van der Waals surface area contributed by atoms with E-state index >= 15 is 0 Å². The Kier molecular flexibility index (Phi) is 63.4. The number of aliphatic hydroxyl groups excluding tert-OH is 2. The SMILES string of the molecule is C.C.C.C.C.C.C.C1CCOC1.COC(=O)c1ccc(C(=O)O)cc1[N+](=O)[O-].COC(=O)c1ccc(C(=O)OC)c([N+](=O)[O-])c1.COC(=O)c1ccc(CCl)cc1[N+](=O)[O-].COC(=O)c1ccc(CO)cc1[N+](=O)[O-].O=Cc1ccc(CCl)cc1[N+](=O)[O-].O=[N+]([O-])c1cc(CCl)ccc1CO.[Na+].[OH-]. The number of carboxylic acid groups (broad SMARTS) is 1. The summed E-state index contributed by atoms with van der Waals surface area (Å²) in [6.07, 6.45) is 3.01. The van der Waals surface area contributed by atoms with E-state index in [2.05, 4.69) is 23.7 Å². The molecule has 4 N–H and O–H groups in total. The van der Waals surface area contributed by atoms with E-state index in [4.69, 9.17) is 54.9 Å². The van der Waals surface area contributed by atoms with Crippen LogP contribution in [-0.4, -0.2) is 141 Å². The Morgan fingerprint density at radius 2 is 0.699 bits per heavy atom. The number of alkyl halides is 3. The summed E-state index contributed by atoms with van der Waals surface area (Å²) in [6.45, 7) is 1.35. The number of halogens is 3. The number of aromatic carboxylic acids is 1. The van der Waals surface area contributed by atoms with Crippen LogP contribution in [-0.2, 0) is 59.3 Å². The first kappa shape index (κ1) is 111. The maximum absolute atomic E-state index is 11.2. The Morgan fingerprint density at radius 1 is 0.417 bits per heavy atom. The fraction of sp³-hybridized carbons (Fsp3) is 0.328. The molecule has 1 saturated heterocycles. The molecule has 1 aliphatic rings. The van der Waals surface area contributed by atoms with E-state index in [9.17, 15) is 94.2 Å². The van der Waals surface area contributed by atoms with Crippen molar-refractivity contribution in [1.82, 2.24) is 0 Å². The average Bonchev–Trinajstić information content (AvgIpc) is 1.09. The minimum Gasteiger partial charge on any atom is -0.870 e. The number of carboxylic acids is 1. The molecule has 0 saturated carbocycles. The summed E-state index contributed by atoms with van der Waals surface area (Å²) in [5.74, 6) is -4.68. The number of aliphatic hydroxyl groups is 2.